The Morgan fingerprint density at radius 3 is 2.81 bits per heavy atom. The van der Waals surface area contributed by atoms with E-state index >= 15 is 0 Å². The number of nitrogens with zero attached hydrogens (tertiary/aromatic N) is 1. The van der Waals surface area contributed by atoms with Gasteiger partial charge in [0.1, 0.15) is 5.75 Å². The minimum atomic E-state index is -0.119. The maximum Gasteiger partial charge on any atom is 0.258 e. The molecule has 1 heterocycles. The number of amides is 1. The van der Waals surface area contributed by atoms with Crippen molar-refractivity contribution < 1.29 is 9.90 Å². The fraction of sp³-hybridized carbons (Fsp3) is 0.235. The second-order valence-electron chi connectivity index (χ2n) is 5.46. The van der Waals surface area contributed by atoms with Gasteiger partial charge in [-0.05, 0) is 37.1 Å². The topological polar surface area (TPSA) is 66.6 Å². The summed E-state index contributed by atoms with van der Waals surface area (Å²) in [5.74, 6) is 0.0152. The van der Waals surface area contributed by atoms with Gasteiger partial charge in [-0.3, -0.25) is 4.79 Å². The van der Waals surface area contributed by atoms with E-state index < -0.39 is 0 Å². The quantitative estimate of drug-likeness (QED) is 0.843. The van der Waals surface area contributed by atoms with Crippen molar-refractivity contribution in [2.45, 2.75) is 19.4 Å². The van der Waals surface area contributed by atoms with Crippen LogP contribution in [0.25, 0.3) is 0 Å². The number of hydrogen-bond acceptors (Lipinski definition) is 3. The van der Waals surface area contributed by atoms with E-state index in [0.29, 0.717) is 17.7 Å². The van der Waals surface area contributed by atoms with E-state index in [9.17, 15) is 9.90 Å². The highest BCUT2D eigenvalue weighted by atomic mass is 16.3. The molecule has 0 aromatic heterocycles. The molecule has 0 saturated carbocycles. The van der Waals surface area contributed by atoms with Gasteiger partial charge < -0.3 is 15.7 Å². The molecule has 3 rings (SSSR count). The molecule has 2 aromatic carbocycles. The number of nitrogens with two attached hydrogens (primary N) is 1. The SMILES string of the molecule is Cc1c(O)cccc1C(=O)N1CC(N)Cc2ccccc21. The van der Waals surface area contributed by atoms with E-state index in [1.807, 2.05) is 24.3 Å². The van der Waals surface area contributed by atoms with Gasteiger partial charge in [-0.1, -0.05) is 24.3 Å². The Morgan fingerprint density at radius 1 is 1.24 bits per heavy atom. The van der Waals surface area contributed by atoms with Crippen LogP contribution in [-0.4, -0.2) is 23.6 Å². The summed E-state index contributed by atoms with van der Waals surface area (Å²) in [6, 6.07) is 12.8. The number of anilines is 1. The zero-order valence-corrected chi connectivity index (χ0v) is 11.9. The van der Waals surface area contributed by atoms with Crippen LogP contribution in [0.4, 0.5) is 5.69 Å². The maximum absolute atomic E-state index is 12.8. The fourth-order valence-electron chi connectivity index (χ4n) is 2.82. The van der Waals surface area contributed by atoms with Crippen molar-refractivity contribution in [3.63, 3.8) is 0 Å². The standard InChI is InChI=1S/C17H18N2O2/c1-11-14(6-4-8-16(11)20)17(21)19-10-13(18)9-12-5-2-3-7-15(12)19/h2-8,13,20H,9-10,18H2,1H3. The van der Waals surface area contributed by atoms with Crippen molar-refractivity contribution in [2.24, 2.45) is 5.73 Å². The number of carbonyl (C=O) groups is 1. The highest BCUT2D eigenvalue weighted by Crippen LogP contribution is 2.29. The molecule has 1 unspecified atom stereocenters. The van der Waals surface area contributed by atoms with Crippen LogP contribution in [0.5, 0.6) is 5.75 Å². The molecule has 0 aliphatic carbocycles. The highest BCUT2D eigenvalue weighted by molar-refractivity contribution is 6.08. The van der Waals surface area contributed by atoms with Crippen molar-refractivity contribution in [1.29, 1.82) is 0 Å². The molecular formula is C17H18N2O2. The van der Waals surface area contributed by atoms with Crippen LogP contribution in [0.15, 0.2) is 42.5 Å². The number of para-hydroxylation sites is 1. The van der Waals surface area contributed by atoms with Gasteiger partial charge in [-0.2, -0.15) is 0 Å². The van der Waals surface area contributed by atoms with Gasteiger partial charge in [0.2, 0.25) is 0 Å². The summed E-state index contributed by atoms with van der Waals surface area (Å²) in [5.41, 5.74) is 9.18. The largest absolute Gasteiger partial charge is 0.508 e. The van der Waals surface area contributed by atoms with E-state index in [1.54, 1.807) is 30.0 Å². The molecule has 0 radical (unpaired) electrons. The minimum absolute atomic E-state index is 0.0681. The molecule has 0 spiro atoms. The molecule has 1 aliphatic heterocycles. The van der Waals surface area contributed by atoms with Gasteiger partial charge in [-0.25, -0.2) is 0 Å². The van der Waals surface area contributed by atoms with Gasteiger partial charge >= 0.3 is 0 Å². The predicted molar refractivity (Wildman–Crippen MR) is 82.6 cm³/mol. The monoisotopic (exact) mass is 282 g/mol. The zero-order chi connectivity index (χ0) is 15.0. The summed E-state index contributed by atoms with van der Waals surface area (Å²) >= 11 is 0. The maximum atomic E-state index is 12.8. The Morgan fingerprint density at radius 2 is 2.00 bits per heavy atom. The molecule has 21 heavy (non-hydrogen) atoms. The average Bonchev–Trinajstić information content (AvgIpc) is 2.48. The van der Waals surface area contributed by atoms with Gasteiger partial charge in [0, 0.05) is 29.4 Å². The lowest BCUT2D eigenvalue weighted by Crippen LogP contribution is -2.46. The first kappa shape index (κ1) is 13.6. The third-order valence-corrected chi connectivity index (χ3v) is 3.96. The lowest BCUT2D eigenvalue weighted by molar-refractivity contribution is 0.0982. The van der Waals surface area contributed by atoms with E-state index in [2.05, 4.69) is 0 Å². The molecule has 1 atom stereocenters. The summed E-state index contributed by atoms with van der Waals surface area (Å²) in [4.78, 5) is 14.6. The molecule has 3 N–H and O–H groups in total. The molecule has 2 aromatic rings. The van der Waals surface area contributed by atoms with Crippen molar-refractivity contribution in [3.05, 3.63) is 59.2 Å². The van der Waals surface area contributed by atoms with E-state index in [0.717, 1.165) is 17.7 Å². The number of aromatic hydroxyl groups is 1. The van der Waals surface area contributed by atoms with Crippen molar-refractivity contribution in [2.75, 3.05) is 11.4 Å². The molecule has 0 saturated heterocycles. The number of benzene rings is 2. The van der Waals surface area contributed by atoms with Crippen molar-refractivity contribution in [1.82, 2.24) is 0 Å². The molecule has 4 nitrogen and oxygen atoms in total. The number of hydrogen-bond donors (Lipinski definition) is 2. The molecule has 0 fully saturated rings. The zero-order valence-electron chi connectivity index (χ0n) is 11.9. The lowest BCUT2D eigenvalue weighted by Gasteiger charge is -2.33. The van der Waals surface area contributed by atoms with Crippen LogP contribution in [0, 0.1) is 6.92 Å². The molecule has 1 aliphatic rings. The molecule has 1 amide bonds. The van der Waals surface area contributed by atoms with Crippen LogP contribution in [-0.2, 0) is 6.42 Å². The molecule has 108 valence electrons. The Kier molecular flexibility index (Phi) is 3.39. The molecule has 4 heteroatoms. The van der Waals surface area contributed by atoms with E-state index in [-0.39, 0.29) is 17.7 Å². The van der Waals surface area contributed by atoms with Gasteiger partial charge in [-0.15, -0.1) is 0 Å². The predicted octanol–water partition coefficient (Wildman–Crippen LogP) is 2.23. The average molecular weight is 282 g/mol. The second-order valence-corrected chi connectivity index (χ2v) is 5.46. The normalized spacial score (nSPS) is 17.4. The summed E-state index contributed by atoms with van der Waals surface area (Å²) in [6.45, 7) is 2.24. The van der Waals surface area contributed by atoms with Crippen LogP contribution in [0.3, 0.4) is 0 Å². The fourth-order valence-corrected chi connectivity index (χ4v) is 2.82. The second kappa shape index (κ2) is 5.22. The highest BCUT2D eigenvalue weighted by Gasteiger charge is 2.28. The van der Waals surface area contributed by atoms with Crippen LogP contribution in [0.2, 0.25) is 0 Å². The lowest BCUT2D eigenvalue weighted by atomic mass is 9.97. The van der Waals surface area contributed by atoms with Crippen LogP contribution in [0.1, 0.15) is 21.5 Å². The molecular weight excluding hydrogens is 264 g/mol. The summed E-state index contributed by atoms with van der Waals surface area (Å²) in [6.07, 6.45) is 0.777. The smallest absolute Gasteiger partial charge is 0.258 e. The van der Waals surface area contributed by atoms with Crippen molar-refractivity contribution >= 4 is 11.6 Å². The summed E-state index contributed by atoms with van der Waals surface area (Å²) in [7, 11) is 0. The Hall–Kier alpha value is -2.33. The Labute approximate surface area is 123 Å². The van der Waals surface area contributed by atoms with Gasteiger partial charge in [0.15, 0.2) is 0 Å². The molecule has 0 bridgehead atoms. The summed E-state index contributed by atoms with van der Waals surface area (Å²) < 4.78 is 0. The third kappa shape index (κ3) is 2.38. The number of carbonyl (C=O) groups excluding carboxylic acids is 1. The Bertz CT molecular complexity index is 697. The van der Waals surface area contributed by atoms with Gasteiger partial charge in [0.25, 0.3) is 5.91 Å². The van der Waals surface area contributed by atoms with Crippen LogP contribution >= 0.6 is 0 Å². The van der Waals surface area contributed by atoms with Crippen LogP contribution < -0.4 is 10.6 Å². The first-order chi connectivity index (χ1) is 10.1. The van der Waals surface area contributed by atoms with E-state index in [1.165, 1.54) is 0 Å². The van der Waals surface area contributed by atoms with Crippen molar-refractivity contribution in [3.8, 4) is 5.75 Å². The first-order valence-corrected chi connectivity index (χ1v) is 7.02. The number of rotatable bonds is 1. The Balaban J connectivity index is 2.04. The number of phenols is 1. The number of fused-ring (bicyclic) bond motifs is 1. The third-order valence-electron chi connectivity index (χ3n) is 3.96. The van der Waals surface area contributed by atoms with E-state index in [4.69, 9.17) is 5.73 Å². The van der Waals surface area contributed by atoms with Gasteiger partial charge in [0.05, 0.1) is 0 Å². The minimum Gasteiger partial charge on any atom is -0.508 e. The first-order valence-electron chi connectivity index (χ1n) is 7.02. The number of phenolic OH excluding ortho intramolecular Hbond substituents is 1. The summed E-state index contributed by atoms with van der Waals surface area (Å²) in [5, 5.41) is 9.80.